The lowest BCUT2D eigenvalue weighted by Crippen LogP contribution is -2.29. The van der Waals surface area contributed by atoms with Crippen molar-refractivity contribution in [3.8, 4) is 5.75 Å². The SMILES string of the molecule is CC(NC(=O)CC(C[N+](=O)[O-])c1ccc(OCC2CC2)c2oc3cnccc3c12)c1ccccc1. The van der Waals surface area contributed by atoms with E-state index >= 15 is 0 Å². The Morgan fingerprint density at radius 2 is 2.03 bits per heavy atom. The molecule has 1 aliphatic carbocycles. The van der Waals surface area contributed by atoms with Gasteiger partial charge in [-0.15, -0.1) is 0 Å². The highest BCUT2D eigenvalue weighted by molar-refractivity contribution is 6.08. The van der Waals surface area contributed by atoms with Crippen molar-refractivity contribution in [3.63, 3.8) is 0 Å². The molecule has 180 valence electrons. The molecular weight excluding hydrogens is 446 g/mol. The molecule has 1 saturated carbocycles. The van der Waals surface area contributed by atoms with Gasteiger partial charge in [-0.1, -0.05) is 36.4 Å². The normalized spacial score (nSPS) is 15.1. The van der Waals surface area contributed by atoms with Crippen LogP contribution in [0.2, 0.25) is 0 Å². The van der Waals surface area contributed by atoms with Crippen LogP contribution in [0.4, 0.5) is 0 Å². The number of nitrogens with one attached hydrogen (secondary N) is 1. The number of carbonyl (C=O) groups is 1. The summed E-state index contributed by atoms with van der Waals surface area (Å²) >= 11 is 0. The summed E-state index contributed by atoms with van der Waals surface area (Å²) in [6.45, 7) is 2.14. The fraction of sp³-hybridized carbons (Fsp3) is 0.333. The molecule has 0 spiro atoms. The number of nitro groups is 1. The molecule has 2 aromatic heterocycles. The maximum Gasteiger partial charge on any atom is 0.221 e. The quantitative estimate of drug-likeness (QED) is 0.244. The van der Waals surface area contributed by atoms with Crippen molar-refractivity contribution >= 4 is 27.8 Å². The van der Waals surface area contributed by atoms with Crippen molar-refractivity contribution in [1.29, 1.82) is 0 Å². The van der Waals surface area contributed by atoms with Gasteiger partial charge in [0.1, 0.15) is 0 Å². The van der Waals surface area contributed by atoms with Crippen LogP contribution in [0.15, 0.2) is 65.3 Å². The van der Waals surface area contributed by atoms with Gasteiger partial charge in [-0.25, -0.2) is 0 Å². The van der Waals surface area contributed by atoms with Crippen LogP contribution >= 0.6 is 0 Å². The molecule has 0 radical (unpaired) electrons. The smallest absolute Gasteiger partial charge is 0.221 e. The second-order valence-electron chi connectivity index (χ2n) is 9.20. The van der Waals surface area contributed by atoms with Crippen LogP contribution in [-0.4, -0.2) is 29.0 Å². The van der Waals surface area contributed by atoms with E-state index < -0.39 is 5.92 Å². The third-order valence-electron chi connectivity index (χ3n) is 6.51. The van der Waals surface area contributed by atoms with Crippen LogP contribution in [0.3, 0.4) is 0 Å². The van der Waals surface area contributed by atoms with Crippen LogP contribution in [0.1, 0.15) is 49.3 Å². The second-order valence-corrected chi connectivity index (χ2v) is 9.20. The molecule has 0 aliphatic heterocycles. The summed E-state index contributed by atoms with van der Waals surface area (Å²) in [6, 6.07) is 14.9. The van der Waals surface area contributed by atoms with E-state index in [4.69, 9.17) is 9.15 Å². The zero-order valence-corrected chi connectivity index (χ0v) is 19.5. The second kappa shape index (κ2) is 9.74. The summed E-state index contributed by atoms with van der Waals surface area (Å²) in [7, 11) is 0. The highest BCUT2D eigenvalue weighted by atomic mass is 16.6. The van der Waals surface area contributed by atoms with Gasteiger partial charge in [0.2, 0.25) is 12.5 Å². The number of fused-ring (bicyclic) bond motifs is 3. The van der Waals surface area contributed by atoms with E-state index in [0.717, 1.165) is 29.2 Å². The predicted octanol–water partition coefficient (Wildman–Crippen LogP) is 5.40. The first-order valence-corrected chi connectivity index (χ1v) is 11.9. The highest BCUT2D eigenvalue weighted by Crippen LogP contribution is 2.41. The number of nitrogens with zero attached hydrogens (tertiary/aromatic N) is 2. The average molecular weight is 474 g/mol. The van der Waals surface area contributed by atoms with Gasteiger partial charge in [0.25, 0.3) is 0 Å². The zero-order chi connectivity index (χ0) is 24.4. The Labute approximate surface area is 202 Å². The van der Waals surface area contributed by atoms with Crippen molar-refractivity contribution in [2.24, 2.45) is 5.92 Å². The molecule has 1 N–H and O–H groups in total. The number of aromatic nitrogens is 1. The number of carbonyl (C=O) groups excluding carboxylic acids is 1. The predicted molar refractivity (Wildman–Crippen MR) is 132 cm³/mol. The largest absolute Gasteiger partial charge is 0.489 e. The van der Waals surface area contributed by atoms with Gasteiger partial charge in [-0.3, -0.25) is 19.9 Å². The first-order valence-electron chi connectivity index (χ1n) is 11.9. The number of hydrogen-bond donors (Lipinski definition) is 1. The molecule has 0 saturated heterocycles. The van der Waals surface area contributed by atoms with Crippen LogP contribution in [0.5, 0.6) is 5.75 Å². The lowest BCUT2D eigenvalue weighted by molar-refractivity contribution is -0.483. The molecule has 1 amide bonds. The fourth-order valence-electron chi connectivity index (χ4n) is 4.48. The molecule has 1 fully saturated rings. The van der Waals surface area contributed by atoms with E-state index in [1.165, 1.54) is 0 Å². The fourth-order valence-corrected chi connectivity index (χ4v) is 4.48. The average Bonchev–Trinajstić information content (AvgIpc) is 3.60. The molecule has 2 atom stereocenters. The Bertz CT molecular complexity index is 1360. The maximum absolute atomic E-state index is 13.0. The molecule has 1 aliphatic rings. The summed E-state index contributed by atoms with van der Waals surface area (Å²) < 4.78 is 12.1. The van der Waals surface area contributed by atoms with Crippen molar-refractivity contribution in [2.45, 2.75) is 38.1 Å². The minimum absolute atomic E-state index is 0.0205. The van der Waals surface area contributed by atoms with Crippen LogP contribution < -0.4 is 10.1 Å². The monoisotopic (exact) mass is 473 g/mol. The Morgan fingerprint density at radius 1 is 1.23 bits per heavy atom. The highest BCUT2D eigenvalue weighted by Gasteiger charge is 2.28. The maximum atomic E-state index is 13.0. The summed E-state index contributed by atoms with van der Waals surface area (Å²) in [4.78, 5) is 28.4. The van der Waals surface area contributed by atoms with Gasteiger partial charge in [0.05, 0.1) is 24.8 Å². The summed E-state index contributed by atoms with van der Waals surface area (Å²) in [5.41, 5.74) is 2.79. The molecule has 2 heterocycles. The first kappa shape index (κ1) is 22.8. The van der Waals surface area contributed by atoms with Crippen LogP contribution in [-0.2, 0) is 4.79 Å². The Kier molecular flexibility index (Phi) is 6.35. The number of pyridine rings is 1. The number of ether oxygens (including phenoxy) is 1. The van der Waals surface area contributed by atoms with Crippen molar-refractivity contribution < 1.29 is 18.9 Å². The van der Waals surface area contributed by atoms with E-state index in [-0.39, 0.29) is 29.8 Å². The van der Waals surface area contributed by atoms with Gasteiger partial charge in [0.15, 0.2) is 16.9 Å². The van der Waals surface area contributed by atoms with Crippen LogP contribution in [0, 0.1) is 16.0 Å². The molecule has 8 nitrogen and oxygen atoms in total. The van der Waals surface area contributed by atoms with Gasteiger partial charge in [-0.05, 0) is 48.9 Å². The van der Waals surface area contributed by atoms with E-state index in [1.807, 2.05) is 49.4 Å². The van der Waals surface area contributed by atoms with Gasteiger partial charge >= 0.3 is 0 Å². The summed E-state index contributed by atoms with van der Waals surface area (Å²) in [5.74, 6) is 0.286. The molecule has 35 heavy (non-hydrogen) atoms. The molecule has 5 rings (SSSR count). The van der Waals surface area contributed by atoms with E-state index in [1.54, 1.807) is 18.5 Å². The van der Waals surface area contributed by atoms with Crippen LogP contribution in [0.25, 0.3) is 21.9 Å². The summed E-state index contributed by atoms with van der Waals surface area (Å²) in [5, 5.41) is 16.1. The van der Waals surface area contributed by atoms with E-state index in [9.17, 15) is 14.9 Å². The molecule has 4 aromatic rings. The first-order chi connectivity index (χ1) is 17.0. The van der Waals surface area contributed by atoms with Gasteiger partial charge in [0, 0.05) is 28.3 Å². The lowest BCUT2D eigenvalue weighted by atomic mass is 9.91. The van der Waals surface area contributed by atoms with Crippen molar-refractivity contribution in [3.05, 3.63) is 82.2 Å². The zero-order valence-electron chi connectivity index (χ0n) is 19.5. The third-order valence-corrected chi connectivity index (χ3v) is 6.51. The van der Waals surface area contributed by atoms with E-state index in [0.29, 0.717) is 35.0 Å². The van der Waals surface area contributed by atoms with Crippen molar-refractivity contribution in [2.75, 3.05) is 13.2 Å². The molecular formula is C27H27N3O5. The van der Waals surface area contributed by atoms with Crippen molar-refractivity contribution in [1.82, 2.24) is 10.3 Å². The lowest BCUT2D eigenvalue weighted by Gasteiger charge is -2.18. The number of amides is 1. The minimum Gasteiger partial charge on any atom is -0.489 e. The van der Waals surface area contributed by atoms with Gasteiger partial charge in [-0.2, -0.15) is 0 Å². The summed E-state index contributed by atoms with van der Waals surface area (Å²) in [6.07, 6.45) is 5.59. The number of hydrogen-bond acceptors (Lipinski definition) is 6. The molecule has 2 aromatic carbocycles. The van der Waals surface area contributed by atoms with E-state index in [2.05, 4.69) is 10.3 Å². The van der Waals surface area contributed by atoms with Gasteiger partial charge < -0.3 is 14.5 Å². The molecule has 8 heteroatoms. The minimum atomic E-state index is -0.637. The molecule has 0 bridgehead atoms. The number of benzene rings is 2. The molecule has 2 unspecified atom stereocenters. The third kappa shape index (κ3) is 5.11. The Balaban J connectivity index is 1.48. The topological polar surface area (TPSA) is 108 Å². The number of rotatable bonds is 10. The Hall–Kier alpha value is -3.94. The standard InChI is InChI=1S/C27H27N3O5/c1-17(19-5-3-2-4-6-19)29-25(31)13-20(15-30(32)33)21-9-10-23(34-16-18-7-8-18)27-26(21)22-11-12-28-14-24(22)35-27/h2-6,9-12,14,17-18,20H,7-8,13,15-16H2,1H3,(H,29,31). The number of furan rings is 1. The Morgan fingerprint density at radius 3 is 2.77 bits per heavy atom.